The Hall–Kier alpha value is -0.710. The molecule has 0 aliphatic rings. The minimum Gasteiger partial charge on any atom is -0.330 e. The largest absolute Gasteiger partial charge is 0.330 e. The van der Waals surface area contributed by atoms with Crippen LogP contribution in [0.4, 0.5) is 0 Å². The zero-order valence-corrected chi connectivity index (χ0v) is 13.3. The molecule has 1 heterocycles. The van der Waals surface area contributed by atoms with Crippen LogP contribution >= 0.6 is 27.3 Å². The Morgan fingerprint density at radius 1 is 1.22 bits per heavy atom. The Bertz CT molecular complexity index is 552. The first-order valence-electron chi connectivity index (χ1n) is 5.96. The molecule has 0 aliphatic heterocycles. The molecule has 0 aliphatic carbocycles. The summed E-state index contributed by atoms with van der Waals surface area (Å²) in [7, 11) is 0. The predicted molar refractivity (Wildman–Crippen MR) is 82.2 cm³/mol. The SMILES string of the molecule is Cc1cc(-c2nc(C)c(CCN)s2)cc(C)c1Br. The van der Waals surface area contributed by atoms with Crippen molar-refractivity contribution in [1.82, 2.24) is 4.98 Å². The van der Waals surface area contributed by atoms with E-state index >= 15 is 0 Å². The third kappa shape index (κ3) is 2.66. The average molecular weight is 325 g/mol. The molecule has 0 atom stereocenters. The molecule has 18 heavy (non-hydrogen) atoms. The van der Waals surface area contributed by atoms with Crippen LogP contribution in [0.3, 0.4) is 0 Å². The Kier molecular flexibility index (Phi) is 4.20. The number of aromatic nitrogens is 1. The van der Waals surface area contributed by atoms with Gasteiger partial charge in [0.05, 0.1) is 5.69 Å². The van der Waals surface area contributed by atoms with Gasteiger partial charge in [-0.1, -0.05) is 15.9 Å². The Morgan fingerprint density at radius 2 is 1.83 bits per heavy atom. The van der Waals surface area contributed by atoms with Crippen LogP contribution in [0.25, 0.3) is 10.6 Å². The van der Waals surface area contributed by atoms with Gasteiger partial charge in [-0.2, -0.15) is 0 Å². The lowest BCUT2D eigenvalue weighted by molar-refractivity contribution is 0.970. The predicted octanol–water partition coefficient (Wildman–Crippen LogP) is 4.00. The molecule has 4 heteroatoms. The Morgan fingerprint density at radius 3 is 2.39 bits per heavy atom. The van der Waals surface area contributed by atoms with Crippen LogP contribution in [0.5, 0.6) is 0 Å². The van der Waals surface area contributed by atoms with Gasteiger partial charge in [-0.25, -0.2) is 4.98 Å². The average Bonchev–Trinajstić information content (AvgIpc) is 2.68. The van der Waals surface area contributed by atoms with E-state index in [1.165, 1.54) is 26.0 Å². The van der Waals surface area contributed by atoms with Crippen molar-refractivity contribution in [1.29, 1.82) is 0 Å². The van der Waals surface area contributed by atoms with Crippen LogP contribution in [-0.4, -0.2) is 11.5 Å². The van der Waals surface area contributed by atoms with Gasteiger partial charge < -0.3 is 5.73 Å². The number of aryl methyl sites for hydroxylation is 3. The number of thiazole rings is 1. The molecule has 0 radical (unpaired) electrons. The fraction of sp³-hybridized carbons (Fsp3) is 0.357. The number of nitrogens with two attached hydrogens (primary N) is 1. The van der Waals surface area contributed by atoms with E-state index in [1.54, 1.807) is 11.3 Å². The van der Waals surface area contributed by atoms with E-state index in [1.807, 2.05) is 0 Å². The van der Waals surface area contributed by atoms with Gasteiger partial charge in [0, 0.05) is 14.9 Å². The zero-order valence-electron chi connectivity index (χ0n) is 10.9. The lowest BCUT2D eigenvalue weighted by atomic mass is 10.1. The van der Waals surface area contributed by atoms with Crippen molar-refractivity contribution in [3.05, 3.63) is 38.3 Å². The zero-order chi connectivity index (χ0) is 13.3. The quantitative estimate of drug-likeness (QED) is 0.926. The Labute approximate surface area is 120 Å². The minimum absolute atomic E-state index is 0.681. The van der Waals surface area contributed by atoms with Gasteiger partial charge in [0.25, 0.3) is 0 Å². The van der Waals surface area contributed by atoms with Crippen molar-refractivity contribution in [2.75, 3.05) is 6.54 Å². The van der Waals surface area contributed by atoms with Crippen LogP contribution < -0.4 is 5.73 Å². The summed E-state index contributed by atoms with van der Waals surface area (Å²) < 4.78 is 1.18. The maximum Gasteiger partial charge on any atom is 0.123 e. The number of halogens is 1. The fourth-order valence-electron chi connectivity index (χ4n) is 1.98. The molecule has 0 bridgehead atoms. The summed E-state index contributed by atoms with van der Waals surface area (Å²) in [6.45, 7) is 6.97. The van der Waals surface area contributed by atoms with Gasteiger partial charge in [0.15, 0.2) is 0 Å². The summed E-state index contributed by atoms with van der Waals surface area (Å²) in [4.78, 5) is 5.96. The lowest BCUT2D eigenvalue weighted by Crippen LogP contribution is -2.01. The van der Waals surface area contributed by atoms with Crippen molar-refractivity contribution < 1.29 is 0 Å². The second-order valence-electron chi connectivity index (χ2n) is 4.49. The van der Waals surface area contributed by atoms with Gasteiger partial charge in [0.2, 0.25) is 0 Å². The fourth-order valence-corrected chi connectivity index (χ4v) is 3.28. The summed E-state index contributed by atoms with van der Waals surface area (Å²) in [5.74, 6) is 0. The topological polar surface area (TPSA) is 38.9 Å². The highest BCUT2D eigenvalue weighted by Crippen LogP contribution is 2.32. The normalized spacial score (nSPS) is 10.9. The number of rotatable bonds is 3. The maximum atomic E-state index is 5.62. The third-order valence-corrected chi connectivity index (χ3v) is 5.46. The first kappa shape index (κ1) is 13.7. The first-order valence-corrected chi connectivity index (χ1v) is 7.57. The monoisotopic (exact) mass is 324 g/mol. The molecule has 1 aromatic carbocycles. The number of hydrogen-bond donors (Lipinski definition) is 1. The summed E-state index contributed by atoms with van der Waals surface area (Å²) in [6, 6.07) is 4.36. The van der Waals surface area contributed by atoms with E-state index in [4.69, 9.17) is 5.73 Å². The van der Waals surface area contributed by atoms with E-state index in [0.29, 0.717) is 6.54 Å². The lowest BCUT2D eigenvalue weighted by Gasteiger charge is -2.05. The highest BCUT2D eigenvalue weighted by molar-refractivity contribution is 9.10. The molecular weight excluding hydrogens is 308 g/mol. The summed E-state index contributed by atoms with van der Waals surface area (Å²) in [5, 5.41) is 1.09. The third-order valence-electron chi connectivity index (χ3n) is 2.95. The van der Waals surface area contributed by atoms with Gasteiger partial charge in [-0.3, -0.25) is 0 Å². The first-order chi connectivity index (χ1) is 8.52. The molecule has 96 valence electrons. The molecule has 0 amide bonds. The van der Waals surface area contributed by atoms with E-state index in [2.05, 4.69) is 53.8 Å². The maximum absolute atomic E-state index is 5.62. The van der Waals surface area contributed by atoms with Crippen LogP contribution in [0.15, 0.2) is 16.6 Å². The molecule has 2 N–H and O–H groups in total. The van der Waals surface area contributed by atoms with Crippen molar-refractivity contribution in [3.8, 4) is 10.6 Å². The molecule has 2 rings (SSSR count). The van der Waals surface area contributed by atoms with Gasteiger partial charge in [-0.15, -0.1) is 11.3 Å². The highest BCUT2D eigenvalue weighted by Gasteiger charge is 2.11. The number of hydrogen-bond acceptors (Lipinski definition) is 3. The van der Waals surface area contributed by atoms with Crippen molar-refractivity contribution in [3.63, 3.8) is 0 Å². The molecule has 2 nitrogen and oxygen atoms in total. The van der Waals surface area contributed by atoms with Crippen molar-refractivity contribution >= 4 is 27.3 Å². The molecule has 0 saturated carbocycles. The molecular formula is C14H17BrN2S. The highest BCUT2D eigenvalue weighted by atomic mass is 79.9. The Balaban J connectivity index is 2.46. The van der Waals surface area contributed by atoms with Gasteiger partial charge >= 0.3 is 0 Å². The molecule has 1 aromatic heterocycles. The number of nitrogens with zero attached hydrogens (tertiary/aromatic N) is 1. The van der Waals surface area contributed by atoms with E-state index in [0.717, 1.165) is 17.1 Å². The molecule has 0 spiro atoms. The molecule has 0 unspecified atom stereocenters. The second kappa shape index (κ2) is 5.51. The van der Waals surface area contributed by atoms with Gasteiger partial charge in [0.1, 0.15) is 5.01 Å². The van der Waals surface area contributed by atoms with E-state index in [-0.39, 0.29) is 0 Å². The molecule has 2 aromatic rings. The van der Waals surface area contributed by atoms with Crippen LogP contribution in [0, 0.1) is 20.8 Å². The second-order valence-corrected chi connectivity index (χ2v) is 6.37. The summed E-state index contributed by atoms with van der Waals surface area (Å²) >= 11 is 5.35. The van der Waals surface area contributed by atoms with E-state index in [9.17, 15) is 0 Å². The minimum atomic E-state index is 0.681. The van der Waals surface area contributed by atoms with Crippen LogP contribution in [0.2, 0.25) is 0 Å². The van der Waals surface area contributed by atoms with Crippen molar-refractivity contribution in [2.24, 2.45) is 5.73 Å². The standard InChI is InChI=1S/C14H17BrN2S/c1-8-6-11(7-9(2)13(8)15)14-17-10(3)12(18-14)4-5-16/h6-7H,4-5,16H2,1-3H3. The summed E-state index contributed by atoms with van der Waals surface area (Å²) in [5.41, 5.74) is 10.4. The van der Waals surface area contributed by atoms with Crippen LogP contribution in [0.1, 0.15) is 21.7 Å². The molecule has 0 saturated heterocycles. The smallest absolute Gasteiger partial charge is 0.123 e. The van der Waals surface area contributed by atoms with Gasteiger partial charge in [-0.05, 0) is 57.0 Å². The van der Waals surface area contributed by atoms with Crippen molar-refractivity contribution in [2.45, 2.75) is 27.2 Å². The van der Waals surface area contributed by atoms with E-state index < -0.39 is 0 Å². The summed E-state index contributed by atoms with van der Waals surface area (Å²) in [6.07, 6.45) is 0.915. The van der Waals surface area contributed by atoms with Crippen LogP contribution in [-0.2, 0) is 6.42 Å². The molecule has 0 fully saturated rings. The number of benzene rings is 1.